The fourth-order valence-corrected chi connectivity index (χ4v) is 5.70. The number of ether oxygens (including phenoxy) is 2. The van der Waals surface area contributed by atoms with Crippen LogP contribution in [0.2, 0.25) is 5.02 Å². The molecule has 1 atom stereocenters. The molecule has 7 nitrogen and oxygen atoms in total. The highest BCUT2D eigenvalue weighted by atomic mass is 35.5. The highest BCUT2D eigenvalue weighted by Gasteiger charge is 2.29. The first-order valence-corrected chi connectivity index (χ1v) is 12.1. The second-order valence-corrected chi connectivity index (χ2v) is 10.2. The monoisotopic (exact) mass is 464 g/mol. The van der Waals surface area contributed by atoms with E-state index in [9.17, 15) is 13.2 Å². The third-order valence-electron chi connectivity index (χ3n) is 5.68. The number of carbonyl (C=O) groups excluding carboxylic acids is 1. The molecule has 2 aliphatic rings. The van der Waals surface area contributed by atoms with Gasteiger partial charge in [0, 0.05) is 18.1 Å². The average molecular weight is 465 g/mol. The van der Waals surface area contributed by atoms with Crippen LogP contribution in [-0.4, -0.2) is 45.4 Å². The van der Waals surface area contributed by atoms with Crippen LogP contribution in [0, 0.1) is 5.92 Å². The van der Waals surface area contributed by atoms with Gasteiger partial charge in [0.1, 0.15) is 18.1 Å². The molecule has 0 aromatic heterocycles. The van der Waals surface area contributed by atoms with Gasteiger partial charge in [-0.05, 0) is 61.2 Å². The van der Waals surface area contributed by atoms with E-state index in [1.807, 2.05) is 0 Å². The molecule has 0 radical (unpaired) electrons. The molecule has 0 aliphatic carbocycles. The topological polar surface area (TPSA) is 84.9 Å². The van der Waals surface area contributed by atoms with Crippen LogP contribution < -0.4 is 14.8 Å². The summed E-state index contributed by atoms with van der Waals surface area (Å²) >= 11 is 6.06. The van der Waals surface area contributed by atoms with E-state index in [0.717, 1.165) is 30.6 Å². The summed E-state index contributed by atoms with van der Waals surface area (Å²) in [7, 11) is -2.15. The maximum atomic E-state index is 13.0. The lowest BCUT2D eigenvalue weighted by molar-refractivity contribution is -0.121. The summed E-state index contributed by atoms with van der Waals surface area (Å²) in [6, 6.07) is 9.89. The lowest BCUT2D eigenvalue weighted by Crippen LogP contribution is -2.35. The number of nitrogens with one attached hydrogen (secondary N) is 1. The van der Waals surface area contributed by atoms with Crippen molar-refractivity contribution in [2.45, 2.75) is 30.6 Å². The molecule has 2 aromatic rings. The Morgan fingerprint density at radius 1 is 1.16 bits per heavy atom. The van der Waals surface area contributed by atoms with Gasteiger partial charge in [-0.15, -0.1) is 0 Å². The van der Waals surface area contributed by atoms with Crippen molar-refractivity contribution in [3.8, 4) is 11.5 Å². The summed E-state index contributed by atoms with van der Waals surface area (Å²) < 4.78 is 38.6. The van der Waals surface area contributed by atoms with Gasteiger partial charge in [-0.3, -0.25) is 4.79 Å². The van der Waals surface area contributed by atoms with Crippen molar-refractivity contribution in [2.24, 2.45) is 5.92 Å². The lowest BCUT2D eigenvalue weighted by Gasteiger charge is -2.27. The van der Waals surface area contributed by atoms with Crippen LogP contribution >= 0.6 is 11.6 Å². The van der Waals surface area contributed by atoms with E-state index in [2.05, 4.69) is 5.32 Å². The summed E-state index contributed by atoms with van der Waals surface area (Å²) in [5.41, 5.74) is 1.19. The SMILES string of the molecule is COc1ccc(S(=O)(=O)N2CCCCC2)cc1NC(=O)C1COc2ccc(Cl)cc2C1. The number of anilines is 1. The van der Waals surface area contributed by atoms with Crippen LogP contribution in [0.1, 0.15) is 24.8 Å². The Hall–Kier alpha value is -2.29. The van der Waals surface area contributed by atoms with E-state index < -0.39 is 15.9 Å². The van der Waals surface area contributed by atoms with Crippen LogP contribution in [0.3, 0.4) is 0 Å². The number of amides is 1. The van der Waals surface area contributed by atoms with Crippen molar-refractivity contribution >= 4 is 33.2 Å². The molecule has 0 spiro atoms. The van der Waals surface area contributed by atoms with Crippen LogP contribution in [-0.2, 0) is 21.2 Å². The van der Waals surface area contributed by atoms with Gasteiger partial charge in [-0.1, -0.05) is 18.0 Å². The number of sulfonamides is 1. The Morgan fingerprint density at radius 3 is 2.68 bits per heavy atom. The number of rotatable bonds is 5. The molecule has 1 N–H and O–H groups in total. The third-order valence-corrected chi connectivity index (χ3v) is 7.81. The summed E-state index contributed by atoms with van der Waals surface area (Å²) in [5, 5.41) is 3.42. The second kappa shape index (κ2) is 9.06. The molecule has 1 unspecified atom stereocenters. The number of halogens is 1. The second-order valence-electron chi connectivity index (χ2n) is 7.78. The first kappa shape index (κ1) is 21.9. The molecule has 0 bridgehead atoms. The van der Waals surface area contributed by atoms with Gasteiger partial charge in [0.05, 0.1) is 23.6 Å². The summed E-state index contributed by atoms with van der Waals surface area (Å²) in [5.74, 6) is 0.418. The van der Waals surface area contributed by atoms with Crippen molar-refractivity contribution in [1.82, 2.24) is 4.31 Å². The molecule has 1 saturated heterocycles. The predicted octanol–water partition coefficient (Wildman–Crippen LogP) is 3.71. The first-order chi connectivity index (χ1) is 14.9. The van der Waals surface area contributed by atoms with Crippen LogP contribution in [0.5, 0.6) is 11.5 Å². The Morgan fingerprint density at radius 2 is 1.94 bits per heavy atom. The number of carbonyl (C=O) groups is 1. The van der Waals surface area contributed by atoms with Gasteiger partial charge in [-0.2, -0.15) is 4.31 Å². The number of hydrogen-bond donors (Lipinski definition) is 1. The van der Waals surface area contributed by atoms with Gasteiger partial charge in [0.15, 0.2) is 0 Å². The molecule has 9 heteroatoms. The molecule has 2 aliphatic heterocycles. The lowest BCUT2D eigenvalue weighted by atomic mass is 9.96. The van der Waals surface area contributed by atoms with E-state index in [1.165, 1.54) is 23.5 Å². The molecule has 2 heterocycles. The van der Waals surface area contributed by atoms with E-state index in [0.29, 0.717) is 36.0 Å². The van der Waals surface area contributed by atoms with E-state index in [-0.39, 0.29) is 17.4 Å². The fraction of sp³-hybridized carbons (Fsp3) is 0.409. The number of methoxy groups -OCH3 is 1. The zero-order valence-electron chi connectivity index (χ0n) is 17.3. The number of nitrogens with zero attached hydrogens (tertiary/aromatic N) is 1. The van der Waals surface area contributed by atoms with Gasteiger partial charge in [0.25, 0.3) is 0 Å². The van der Waals surface area contributed by atoms with Crippen LogP contribution in [0.15, 0.2) is 41.3 Å². The van der Waals surface area contributed by atoms with E-state index in [4.69, 9.17) is 21.1 Å². The highest BCUT2D eigenvalue weighted by Crippen LogP contribution is 2.33. The fourth-order valence-electron chi connectivity index (χ4n) is 3.97. The van der Waals surface area contributed by atoms with Crippen LogP contribution in [0.4, 0.5) is 5.69 Å². The zero-order valence-corrected chi connectivity index (χ0v) is 18.8. The Balaban J connectivity index is 1.55. The quantitative estimate of drug-likeness (QED) is 0.729. The molecule has 1 fully saturated rings. The highest BCUT2D eigenvalue weighted by molar-refractivity contribution is 7.89. The molecule has 1 amide bonds. The molecule has 2 aromatic carbocycles. The Labute approximate surface area is 187 Å². The number of fused-ring (bicyclic) bond motifs is 1. The number of benzene rings is 2. The molecular formula is C22H25ClN2O5S. The molecule has 4 rings (SSSR count). The van der Waals surface area contributed by atoms with Crippen molar-refractivity contribution in [2.75, 3.05) is 32.1 Å². The van der Waals surface area contributed by atoms with Crippen molar-refractivity contribution < 1.29 is 22.7 Å². The summed E-state index contributed by atoms with van der Waals surface area (Å²) in [6.45, 7) is 1.25. The van der Waals surface area contributed by atoms with Gasteiger partial charge in [-0.25, -0.2) is 8.42 Å². The standard InChI is InChI=1S/C22H25ClN2O5S/c1-29-21-8-6-18(31(27,28)25-9-3-2-4-10-25)13-19(21)24-22(26)16-11-15-12-17(23)5-7-20(15)30-14-16/h5-8,12-13,16H,2-4,9-11,14H2,1H3,(H,24,26). The molecule has 166 valence electrons. The van der Waals surface area contributed by atoms with Crippen molar-refractivity contribution in [3.63, 3.8) is 0 Å². The third kappa shape index (κ3) is 4.66. The average Bonchev–Trinajstić information content (AvgIpc) is 2.79. The van der Waals surface area contributed by atoms with Gasteiger partial charge < -0.3 is 14.8 Å². The number of piperidine rings is 1. The zero-order chi connectivity index (χ0) is 22.0. The maximum Gasteiger partial charge on any atom is 0.243 e. The Bertz CT molecular complexity index is 1080. The van der Waals surface area contributed by atoms with Crippen LogP contribution in [0.25, 0.3) is 0 Å². The van der Waals surface area contributed by atoms with Gasteiger partial charge in [0.2, 0.25) is 15.9 Å². The van der Waals surface area contributed by atoms with Gasteiger partial charge >= 0.3 is 0 Å². The predicted molar refractivity (Wildman–Crippen MR) is 118 cm³/mol. The van der Waals surface area contributed by atoms with Crippen molar-refractivity contribution in [1.29, 1.82) is 0 Å². The minimum absolute atomic E-state index is 0.141. The van der Waals surface area contributed by atoms with Crippen molar-refractivity contribution in [3.05, 3.63) is 47.0 Å². The number of hydrogen-bond acceptors (Lipinski definition) is 5. The maximum absolute atomic E-state index is 13.0. The van der Waals surface area contributed by atoms with E-state index in [1.54, 1.807) is 24.3 Å². The minimum Gasteiger partial charge on any atom is -0.495 e. The largest absolute Gasteiger partial charge is 0.495 e. The Kier molecular flexibility index (Phi) is 6.41. The molecular weight excluding hydrogens is 440 g/mol. The first-order valence-electron chi connectivity index (χ1n) is 10.3. The summed E-state index contributed by atoms with van der Waals surface area (Å²) in [4.78, 5) is 13.1. The normalized spacial score (nSPS) is 19.2. The minimum atomic E-state index is -3.63. The molecule has 31 heavy (non-hydrogen) atoms. The van der Waals surface area contributed by atoms with E-state index >= 15 is 0 Å². The summed E-state index contributed by atoms with van der Waals surface area (Å²) in [6.07, 6.45) is 3.22. The smallest absolute Gasteiger partial charge is 0.243 e. The molecule has 0 saturated carbocycles.